The molecule has 0 saturated carbocycles. The molecule has 0 aliphatic rings. The molecule has 0 saturated heterocycles. The monoisotopic (exact) mass is 246 g/mol. The third-order valence-electron chi connectivity index (χ3n) is 2.83. The van der Waals surface area contributed by atoms with Gasteiger partial charge in [-0.05, 0) is 6.07 Å². The molecule has 0 spiro atoms. The van der Waals surface area contributed by atoms with Crippen molar-refractivity contribution < 1.29 is 9.25 Å². The molecular weight excluding hydrogens is 234 g/mol. The number of fused-ring (bicyclic) bond motifs is 3. The van der Waals surface area contributed by atoms with E-state index in [1.807, 2.05) is 6.07 Å². The van der Waals surface area contributed by atoms with Crippen molar-refractivity contribution in [3.63, 3.8) is 0 Å². The standard InChI is InChI=1S/C11H11N5O2/c1-18-5-4-15-3-2-9-8(10(15)17)6-12-11-13-7-14-16(9)11/h2-3,6-7H,4-5H2,1H3/p+1. The van der Waals surface area contributed by atoms with Gasteiger partial charge in [-0.25, -0.2) is 5.10 Å². The van der Waals surface area contributed by atoms with Gasteiger partial charge in [0.1, 0.15) is 17.1 Å². The summed E-state index contributed by atoms with van der Waals surface area (Å²) in [6.07, 6.45) is 4.84. The first-order chi connectivity index (χ1) is 8.81. The number of hydrogen-bond acceptors (Lipinski definition) is 4. The van der Waals surface area contributed by atoms with Crippen LogP contribution in [0.25, 0.3) is 16.7 Å². The third-order valence-corrected chi connectivity index (χ3v) is 2.83. The molecule has 3 aromatic rings. The number of nitrogens with zero attached hydrogens (tertiary/aromatic N) is 4. The largest absolute Gasteiger partial charge is 0.457 e. The molecule has 7 nitrogen and oxygen atoms in total. The second-order valence-corrected chi connectivity index (χ2v) is 3.89. The van der Waals surface area contributed by atoms with Gasteiger partial charge in [0.15, 0.2) is 6.33 Å². The zero-order valence-electron chi connectivity index (χ0n) is 9.83. The quantitative estimate of drug-likeness (QED) is 0.632. The first-order valence-electron chi connectivity index (χ1n) is 5.53. The van der Waals surface area contributed by atoms with Crippen molar-refractivity contribution in [1.29, 1.82) is 0 Å². The van der Waals surface area contributed by atoms with Gasteiger partial charge in [-0.15, -0.1) is 4.52 Å². The first-order valence-corrected chi connectivity index (χ1v) is 5.53. The summed E-state index contributed by atoms with van der Waals surface area (Å²) in [4.78, 5) is 20.4. The number of rotatable bonds is 3. The number of methoxy groups -OCH3 is 1. The van der Waals surface area contributed by atoms with E-state index < -0.39 is 0 Å². The van der Waals surface area contributed by atoms with E-state index in [2.05, 4.69) is 15.1 Å². The van der Waals surface area contributed by atoms with E-state index in [4.69, 9.17) is 4.74 Å². The van der Waals surface area contributed by atoms with Crippen molar-refractivity contribution in [3.05, 3.63) is 35.1 Å². The fourth-order valence-electron chi connectivity index (χ4n) is 1.91. The smallest absolute Gasteiger partial charge is 0.383 e. The lowest BCUT2D eigenvalue weighted by molar-refractivity contribution is -0.551. The maximum Gasteiger partial charge on any atom is 0.457 e. The van der Waals surface area contributed by atoms with Crippen LogP contribution in [0, 0.1) is 0 Å². The summed E-state index contributed by atoms with van der Waals surface area (Å²) in [5, 5.41) is 3.47. The Morgan fingerprint density at radius 1 is 1.50 bits per heavy atom. The summed E-state index contributed by atoms with van der Waals surface area (Å²) in [5.41, 5.74) is 0.678. The molecular formula is C11H12N5O2+. The van der Waals surface area contributed by atoms with Crippen LogP contribution in [0.3, 0.4) is 0 Å². The molecule has 0 amide bonds. The topological polar surface area (TPSA) is 76.9 Å². The normalized spacial score (nSPS) is 11.4. The van der Waals surface area contributed by atoms with Gasteiger partial charge < -0.3 is 9.30 Å². The molecule has 92 valence electrons. The third kappa shape index (κ3) is 1.56. The molecule has 18 heavy (non-hydrogen) atoms. The number of aromatic nitrogens is 5. The molecule has 0 bridgehead atoms. The number of nitrogens with one attached hydrogen (secondary N) is 1. The van der Waals surface area contributed by atoms with Crippen molar-refractivity contribution in [2.24, 2.45) is 0 Å². The van der Waals surface area contributed by atoms with Crippen LogP contribution in [0.15, 0.2) is 29.6 Å². The SMILES string of the molecule is COCCn1ccc2c(cnc3nc[nH][n+]32)c1=O. The average Bonchev–Trinajstić information content (AvgIpc) is 2.86. The molecule has 0 radical (unpaired) electrons. The second kappa shape index (κ2) is 4.19. The second-order valence-electron chi connectivity index (χ2n) is 3.89. The zero-order chi connectivity index (χ0) is 12.5. The van der Waals surface area contributed by atoms with Gasteiger partial charge in [0.25, 0.3) is 5.56 Å². The molecule has 0 aliphatic carbocycles. The number of hydrogen-bond donors (Lipinski definition) is 1. The van der Waals surface area contributed by atoms with Gasteiger partial charge in [-0.3, -0.25) is 4.79 Å². The van der Waals surface area contributed by atoms with E-state index in [-0.39, 0.29) is 5.56 Å². The highest BCUT2D eigenvalue weighted by Crippen LogP contribution is 2.03. The lowest BCUT2D eigenvalue weighted by Gasteiger charge is -2.04. The average molecular weight is 246 g/mol. The van der Waals surface area contributed by atoms with Crippen LogP contribution in [-0.4, -0.2) is 33.4 Å². The number of aromatic amines is 1. The molecule has 0 unspecified atom stereocenters. The molecule has 3 rings (SSSR count). The summed E-state index contributed by atoms with van der Waals surface area (Å²) in [6, 6.07) is 1.86. The summed E-state index contributed by atoms with van der Waals surface area (Å²) in [6.45, 7) is 1.02. The Balaban J connectivity index is 2.25. The van der Waals surface area contributed by atoms with Crippen molar-refractivity contribution >= 4 is 16.7 Å². The summed E-state index contributed by atoms with van der Waals surface area (Å²) >= 11 is 0. The summed E-state index contributed by atoms with van der Waals surface area (Å²) in [7, 11) is 1.61. The molecule has 7 heteroatoms. The lowest BCUT2D eigenvalue weighted by atomic mass is 10.3. The predicted molar refractivity (Wildman–Crippen MR) is 63.2 cm³/mol. The van der Waals surface area contributed by atoms with E-state index >= 15 is 0 Å². The van der Waals surface area contributed by atoms with Gasteiger partial charge in [-0.1, -0.05) is 9.97 Å². The van der Waals surface area contributed by atoms with Crippen LogP contribution in [0.4, 0.5) is 0 Å². The van der Waals surface area contributed by atoms with Crippen molar-refractivity contribution in [2.45, 2.75) is 6.54 Å². The predicted octanol–water partition coefficient (Wildman–Crippen LogP) is -0.495. The molecule has 1 N–H and O–H groups in total. The number of H-pyrrole nitrogens is 1. The maximum absolute atomic E-state index is 12.2. The Bertz CT molecular complexity index is 761. The minimum Gasteiger partial charge on any atom is -0.383 e. The fraction of sp³-hybridized carbons (Fsp3) is 0.273. The van der Waals surface area contributed by atoms with Gasteiger partial charge in [0.2, 0.25) is 0 Å². The van der Waals surface area contributed by atoms with Gasteiger partial charge >= 0.3 is 5.78 Å². The highest BCUT2D eigenvalue weighted by atomic mass is 16.5. The number of ether oxygens (including phenoxy) is 1. The van der Waals surface area contributed by atoms with Crippen LogP contribution < -0.4 is 10.1 Å². The molecule has 0 aliphatic heterocycles. The Hall–Kier alpha value is -2.28. The highest BCUT2D eigenvalue weighted by Gasteiger charge is 2.13. The van der Waals surface area contributed by atoms with E-state index in [0.29, 0.717) is 24.3 Å². The number of pyridine rings is 1. The Labute approximate surface area is 102 Å². The van der Waals surface area contributed by atoms with E-state index in [9.17, 15) is 4.79 Å². The van der Waals surface area contributed by atoms with Crippen LogP contribution >= 0.6 is 0 Å². The summed E-state index contributed by atoms with van der Waals surface area (Å²) in [5.74, 6) is 0.538. The van der Waals surface area contributed by atoms with Crippen molar-refractivity contribution in [3.8, 4) is 0 Å². The molecule has 0 atom stereocenters. The molecule has 3 heterocycles. The van der Waals surface area contributed by atoms with Crippen molar-refractivity contribution in [2.75, 3.05) is 13.7 Å². The first kappa shape index (κ1) is 10.8. The zero-order valence-corrected chi connectivity index (χ0v) is 9.83. The van der Waals surface area contributed by atoms with E-state index in [1.165, 1.54) is 6.33 Å². The minimum absolute atomic E-state index is 0.0824. The van der Waals surface area contributed by atoms with Crippen LogP contribution in [0.1, 0.15) is 0 Å². The van der Waals surface area contributed by atoms with Crippen LogP contribution in [0.5, 0.6) is 0 Å². The van der Waals surface area contributed by atoms with Gasteiger partial charge in [0, 0.05) is 19.9 Å². The fourth-order valence-corrected chi connectivity index (χ4v) is 1.91. The van der Waals surface area contributed by atoms with E-state index in [0.717, 1.165) is 5.52 Å². The molecule has 0 aromatic carbocycles. The minimum atomic E-state index is -0.0824. The van der Waals surface area contributed by atoms with Crippen molar-refractivity contribution in [1.82, 2.24) is 19.6 Å². The summed E-state index contributed by atoms with van der Waals surface area (Å²) < 4.78 is 8.26. The Kier molecular flexibility index (Phi) is 2.52. The van der Waals surface area contributed by atoms with Crippen LogP contribution in [0.2, 0.25) is 0 Å². The van der Waals surface area contributed by atoms with Crippen LogP contribution in [-0.2, 0) is 11.3 Å². The Morgan fingerprint density at radius 3 is 3.22 bits per heavy atom. The van der Waals surface area contributed by atoms with Gasteiger partial charge in [0.05, 0.1) is 6.61 Å². The van der Waals surface area contributed by atoms with Gasteiger partial charge in [-0.2, -0.15) is 0 Å². The molecule has 0 fully saturated rings. The van der Waals surface area contributed by atoms with E-state index in [1.54, 1.807) is 28.6 Å². The maximum atomic E-state index is 12.2. The molecule has 3 aromatic heterocycles. The highest BCUT2D eigenvalue weighted by molar-refractivity contribution is 5.73. The lowest BCUT2D eigenvalue weighted by Crippen LogP contribution is -2.30. The Morgan fingerprint density at radius 2 is 2.39 bits per heavy atom.